The van der Waals surface area contributed by atoms with Gasteiger partial charge in [0.05, 0.1) is 0 Å². The number of unbranched alkanes of at least 4 members (excludes halogenated alkanes) is 1. The standard InChI is InChI=1S/C15H23N5O4S/c1-3-5-8-20-14-11(17-12(18-14)10-6-7-10)13(16-4-2)19-15(20,9-21)25(22,23)24/h9-10H,3-8H2,1-2H3,(H,16,19)(H,17,18)(H,22,23,24). The first-order valence-electron chi connectivity index (χ1n) is 8.51. The first-order valence-corrected chi connectivity index (χ1v) is 9.95. The van der Waals surface area contributed by atoms with Crippen LogP contribution in [0.4, 0.5) is 5.82 Å². The second kappa shape index (κ2) is 6.41. The number of carbonyl (C=O) groups excluding carboxylic acids is 1. The van der Waals surface area contributed by atoms with Crippen molar-refractivity contribution in [1.29, 1.82) is 0 Å². The smallest absolute Gasteiger partial charge is 0.316 e. The predicted octanol–water partition coefficient (Wildman–Crippen LogP) is 1.00. The number of rotatable bonds is 7. The number of nitrogens with zero attached hydrogens (tertiary/aromatic N) is 3. The van der Waals surface area contributed by atoms with Crippen molar-refractivity contribution in [2.24, 2.45) is 4.99 Å². The highest BCUT2D eigenvalue weighted by molar-refractivity contribution is 7.88. The van der Waals surface area contributed by atoms with Crippen molar-refractivity contribution in [3.05, 3.63) is 11.5 Å². The van der Waals surface area contributed by atoms with Crippen LogP contribution in [0.5, 0.6) is 0 Å². The highest BCUT2D eigenvalue weighted by Gasteiger charge is 2.54. The molecule has 9 nitrogen and oxygen atoms in total. The van der Waals surface area contributed by atoms with E-state index in [1.165, 1.54) is 4.90 Å². The lowest BCUT2D eigenvalue weighted by Crippen LogP contribution is -2.69. The van der Waals surface area contributed by atoms with Crippen LogP contribution in [0, 0.1) is 0 Å². The number of fused-ring (bicyclic) bond motifs is 1. The Morgan fingerprint density at radius 2 is 2.16 bits per heavy atom. The Morgan fingerprint density at radius 3 is 2.68 bits per heavy atom. The summed E-state index contributed by atoms with van der Waals surface area (Å²) in [5.41, 5.74) is 0.556. The molecule has 0 saturated heterocycles. The van der Waals surface area contributed by atoms with Gasteiger partial charge in [0.2, 0.25) is 0 Å². The molecule has 1 aromatic heterocycles. The van der Waals surface area contributed by atoms with E-state index in [4.69, 9.17) is 0 Å². The first-order chi connectivity index (χ1) is 11.9. The minimum absolute atomic E-state index is 0.206. The number of aromatic nitrogens is 2. The monoisotopic (exact) mass is 369 g/mol. The summed E-state index contributed by atoms with van der Waals surface area (Å²) in [5.74, 6) is 1.63. The van der Waals surface area contributed by atoms with Gasteiger partial charge >= 0.3 is 10.1 Å². The highest BCUT2D eigenvalue weighted by Crippen LogP contribution is 2.41. The Labute approximate surface area is 146 Å². The lowest BCUT2D eigenvalue weighted by atomic mass is 10.2. The Bertz CT molecular complexity index is 799. The van der Waals surface area contributed by atoms with Gasteiger partial charge in [0.15, 0.2) is 17.9 Å². The van der Waals surface area contributed by atoms with E-state index >= 15 is 0 Å². The fourth-order valence-corrected chi connectivity index (χ4v) is 3.78. The van der Waals surface area contributed by atoms with Crippen LogP contribution in [0.2, 0.25) is 0 Å². The minimum Gasteiger partial charge on any atom is -0.337 e. The van der Waals surface area contributed by atoms with Gasteiger partial charge in [-0.05, 0) is 26.2 Å². The molecule has 2 aliphatic rings. The van der Waals surface area contributed by atoms with Crippen LogP contribution in [-0.2, 0) is 14.9 Å². The summed E-state index contributed by atoms with van der Waals surface area (Å²) < 4.78 is 34.2. The molecule has 1 atom stereocenters. The maximum atomic E-state index is 12.2. The van der Waals surface area contributed by atoms with Crippen molar-refractivity contribution < 1.29 is 17.8 Å². The molecule has 1 saturated carbocycles. The summed E-state index contributed by atoms with van der Waals surface area (Å²) in [6.07, 6.45) is 3.68. The fourth-order valence-electron chi connectivity index (χ4n) is 2.97. The third-order valence-corrected chi connectivity index (χ3v) is 5.67. The number of aromatic amines is 1. The van der Waals surface area contributed by atoms with Crippen LogP contribution < -0.4 is 10.2 Å². The van der Waals surface area contributed by atoms with Crippen molar-refractivity contribution in [3.63, 3.8) is 0 Å². The lowest BCUT2D eigenvalue weighted by molar-refractivity contribution is -0.110. The van der Waals surface area contributed by atoms with Crippen molar-refractivity contribution >= 4 is 28.1 Å². The van der Waals surface area contributed by atoms with Crippen LogP contribution in [0.3, 0.4) is 0 Å². The van der Waals surface area contributed by atoms with E-state index in [1.807, 2.05) is 6.92 Å². The van der Waals surface area contributed by atoms with Crippen molar-refractivity contribution in [2.45, 2.75) is 50.4 Å². The van der Waals surface area contributed by atoms with Crippen molar-refractivity contribution in [3.8, 4) is 0 Å². The Morgan fingerprint density at radius 1 is 1.44 bits per heavy atom. The van der Waals surface area contributed by atoms with Crippen LogP contribution in [0.15, 0.2) is 4.99 Å². The molecule has 0 aromatic carbocycles. The summed E-state index contributed by atoms with van der Waals surface area (Å²) in [4.78, 5) is 22.9. The van der Waals surface area contributed by atoms with E-state index in [-0.39, 0.29) is 18.7 Å². The van der Waals surface area contributed by atoms with Crippen LogP contribution in [0.25, 0.3) is 0 Å². The highest BCUT2D eigenvalue weighted by atomic mass is 32.2. The van der Waals surface area contributed by atoms with E-state index in [1.54, 1.807) is 6.92 Å². The third kappa shape index (κ3) is 2.93. The zero-order chi connectivity index (χ0) is 18.2. The van der Waals surface area contributed by atoms with Gasteiger partial charge in [-0.1, -0.05) is 13.3 Å². The first kappa shape index (κ1) is 17.9. The van der Waals surface area contributed by atoms with Gasteiger partial charge in [0.1, 0.15) is 11.5 Å². The molecule has 138 valence electrons. The van der Waals surface area contributed by atoms with Crippen LogP contribution in [-0.4, -0.2) is 53.1 Å². The summed E-state index contributed by atoms with van der Waals surface area (Å²) in [6, 6.07) is 0. The molecular weight excluding hydrogens is 346 g/mol. The van der Waals surface area contributed by atoms with Gasteiger partial charge in [-0.25, -0.2) is 4.98 Å². The second-order valence-corrected chi connectivity index (χ2v) is 7.91. The molecule has 1 aromatic rings. The molecule has 0 radical (unpaired) electrons. The molecule has 1 aliphatic carbocycles. The number of H-pyrrole nitrogens is 1. The molecule has 10 heteroatoms. The average molecular weight is 369 g/mol. The number of anilines is 1. The summed E-state index contributed by atoms with van der Waals surface area (Å²) >= 11 is 0. The molecule has 2 heterocycles. The van der Waals surface area contributed by atoms with Gasteiger partial charge < -0.3 is 15.2 Å². The minimum atomic E-state index is -4.79. The number of carbonyl (C=O) groups is 1. The maximum Gasteiger partial charge on any atom is 0.316 e. The Balaban J connectivity index is 2.20. The van der Waals surface area contributed by atoms with Gasteiger partial charge in [0, 0.05) is 19.0 Å². The van der Waals surface area contributed by atoms with E-state index in [2.05, 4.69) is 20.3 Å². The number of hydrogen-bond acceptors (Lipinski definition) is 6. The van der Waals surface area contributed by atoms with Gasteiger partial charge in [0.25, 0.3) is 4.99 Å². The Kier molecular flexibility index (Phi) is 4.58. The zero-order valence-corrected chi connectivity index (χ0v) is 15.1. The molecule has 0 spiro atoms. The molecule has 0 amide bonds. The van der Waals surface area contributed by atoms with Crippen molar-refractivity contribution in [1.82, 2.24) is 15.3 Å². The third-order valence-electron chi connectivity index (χ3n) is 4.46. The summed E-state index contributed by atoms with van der Waals surface area (Å²) in [6.45, 7) is 4.39. The topological polar surface area (TPSA) is 128 Å². The van der Waals surface area contributed by atoms with Gasteiger partial charge in [-0.15, -0.1) is 0 Å². The lowest BCUT2D eigenvalue weighted by Gasteiger charge is -2.42. The molecule has 1 unspecified atom stereocenters. The number of aliphatic imine (C=N–C) groups is 1. The summed E-state index contributed by atoms with van der Waals surface area (Å²) in [5, 5.41) is 2.64. The quantitative estimate of drug-likeness (QED) is 0.483. The van der Waals surface area contributed by atoms with E-state index in [0.29, 0.717) is 30.4 Å². The van der Waals surface area contributed by atoms with E-state index < -0.39 is 15.1 Å². The van der Waals surface area contributed by atoms with Crippen LogP contribution >= 0.6 is 0 Å². The largest absolute Gasteiger partial charge is 0.337 e. The SMILES string of the molecule is CCCCN1c2nc(C3CC3)[nH]c2C(=NCC)NC1(C=O)S(=O)(=O)O. The number of hydrogen-bond donors (Lipinski definition) is 3. The number of amidine groups is 1. The maximum absolute atomic E-state index is 12.2. The molecular formula is C15H23N5O4S. The van der Waals surface area contributed by atoms with Crippen molar-refractivity contribution in [2.75, 3.05) is 18.0 Å². The average Bonchev–Trinajstić information content (AvgIpc) is 3.31. The molecule has 3 N–H and O–H groups in total. The van der Waals surface area contributed by atoms with E-state index in [0.717, 1.165) is 25.1 Å². The number of nitrogens with one attached hydrogen (secondary N) is 2. The van der Waals surface area contributed by atoms with E-state index in [9.17, 15) is 17.8 Å². The molecule has 1 fully saturated rings. The number of aldehydes is 1. The van der Waals surface area contributed by atoms with Crippen LogP contribution in [0.1, 0.15) is 57.0 Å². The Hall–Kier alpha value is -1.94. The number of imidazole rings is 1. The van der Waals surface area contributed by atoms with Gasteiger partial charge in [-0.3, -0.25) is 14.3 Å². The molecule has 0 bridgehead atoms. The predicted molar refractivity (Wildman–Crippen MR) is 93.4 cm³/mol. The normalized spacial score (nSPS) is 24.9. The molecule has 3 rings (SSSR count). The molecule has 25 heavy (non-hydrogen) atoms. The fraction of sp³-hybridized carbons (Fsp3) is 0.667. The van der Waals surface area contributed by atoms with Gasteiger partial charge in [-0.2, -0.15) is 8.42 Å². The summed E-state index contributed by atoms with van der Waals surface area (Å²) in [7, 11) is -4.79. The molecule has 1 aliphatic heterocycles. The zero-order valence-electron chi connectivity index (χ0n) is 14.3. The second-order valence-electron chi connectivity index (χ2n) is 6.34.